The van der Waals surface area contributed by atoms with Crippen molar-refractivity contribution in [1.82, 2.24) is 4.98 Å². The number of hydrogen-bond donors (Lipinski definition) is 2. The first kappa shape index (κ1) is 16.7. The fraction of sp³-hybridized carbons (Fsp3) is 0.400. The maximum atomic E-state index is 11.2. The van der Waals surface area contributed by atoms with Gasteiger partial charge in [-0.15, -0.1) is 0 Å². The van der Waals surface area contributed by atoms with Gasteiger partial charge in [0.2, 0.25) is 5.91 Å². The number of carboxylic acids is 1. The highest BCUT2D eigenvalue weighted by molar-refractivity contribution is 5.85. The van der Waals surface area contributed by atoms with Gasteiger partial charge in [-0.2, -0.15) is 0 Å². The minimum Gasteiger partial charge on any atom is -0.478 e. The van der Waals surface area contributed by atoms with Crippen LogP contribution in [0.2, 0.25) is 0 Å². The number of aromatic nitrogens is 1. The van der Waals surface area contributed by atoms with Gasteiger partial charge in [-0.3, -0.25) is 4.79 Å². The number of aliphatic carboxylic acids is 1. The third-order valence-electron chi connectivity index (χ3n) is 2.72. The van der Waals surface area contributed by atoms with Crippen LogP contribution in [0, 0.1) is 12.8 Å². The fourth-order valence-electron chi connectivity index (χ4n) is 2.03. The molecule has 0 radical (unpaired) electrons. The van der Waals surface area contributed by atoms with Crippen molar-refractivity contribution < 1.29 is 14.7 Å². The minimum absolute atomic E-state index is 0.107. The van der Waals surface area contributed by atoms with Gasteiger partial charge in [-0.05, 0) is 36.1 Å². The van der Waals surface area contributed by atoms with Crippen molar-refractivity contribution >= 4 is 23.8 Å². The van der Waals surface area contributed by atoms with Crippen LogP contribution in [0.25, 0.3) is 6.08 Å². The number of anilines is 1. The van der Waals surface area contributed by atoms with Gasteiger partial charge in [0.1, 0.15) is 5.82 Å². The molecule has 0 saturated carbocycles. The normalized spacial score (nSPS) is 11.0. The summed E-state index contributed by atoms with van der Waals surface area (Å²) in [6, 6.07) is 1.83. The van der Waals surface area contributed by atoms with Crippen molar-refractivity contribution in [2.24, 2.45) is 11.7 Å². The molecule has 0 bridgehead atoms. The molecule has 1 aromatic rings. The third kappa shape index (κ3) is 5.64. The maximum Gasteiger partial charge on any atom is 0.328 e. The first-order chi connectivity index (χ1) is 9.79. The molecule has 0 aromatic carbocycles. The van der Waals surface area contributed by atoms with Crippen LogP contribution in [0.1, 0.15) is 25.0 Å². The van der Waals surface area contributed by atoms with Crippen LogP contribution in [-0.2, 0) is 9.59 Å². The van der Waals surface area contributed by atoms with Gasteiger partial charge >= 0.3 is 5.97 Å². The quantitative estimate of drug-likeness (QED) is 0.741. The van der Waals surface area contributed by atoms with E-state index in [2.05, 4.69) is 4.98 Å². The lowest BCUT2D eigenvalue weighted by Gasteiger charge is -2.25. The zero-order valence-corrected chi connectivity index (χ0v) is 12.5. The van der Waals surface area contributed by atoms with E-state index in [4.69, 9.17) is 10.8 Å². The number of amides is 1. The van der Waals surface area contributed by atoms with E-state index in [-0.39, 0.29) is 6.54 Å². The number of primary amides is 1. The zero-order chi connectivity index (χ0) is 16.0. The van der Waals surface area contributed by atoms with Crippen LogP contribution in [0.3, 0.4) is 0 Å². The van der Waals surface area contributed by atoms with Crippen molar-refractivity contribution in [3.63, 3.8) is 0 Å². The molecule has 0 saturated heterocycles. The molecule has 1 aromatic heterocycles. The Balaban J connectivity index is 3.03. The monoisotopic (exact) mass is 291 g/mol. The second kappa shape index (κ2) is 7.42. The summed E-state index contributed by atoms with van der Waals surface area (Å²) in [5.41, 5.74) is 6.84. The molecule has 1 rings (SSSR count). The lowest BCUT2D eigenvalue weighted by Crippen LogP contribution is -2.37. The average Bonchev–Trinajstić information content (AvgIpc) is 2.34. The molecule has 6 heteroatoms. The van der Waals surface area contributed by atoms with E-state index in [1.165, 1.54) is 6.08 Å². The maximum absolute atomic E-state index is 11.2. The third-order valence-corrected chi connectivity index (χ3v) is 2.72. The Morgan fingerprint density at radius 1 is 1.48 bits per heavy atom. The van der Waals surface area contributed by atoms with Gasteiger partial charge in [0.05, 0.1) is 6.54 Å². The largest absolute Gasteiger partial charge is 0.478 e. The molecule has 1 heterocycles. The highest BCUT2D eigenvalue weighted by Crippen LogP contribution is 2.19. The second-order valence-corrected chi connectivity index (χ2v) is 5.32. The molecule has 114 valence electrons. The van der Waals surface area contributed by atoms with Crippen molar-refractivity contribution in [1.29, 1.82) is 0 Å². The van der Waals surface area contributed by atoms with Gasteiger partial charge in [0.15, 0.2) is 0 Å². The summed E-state index contributed by atoms with van der Waals surface area (Å²) in [6.45, 7) is 6.74. The molecule has 6 nitrogen and oxygen atoms in total. The lowest BCUT2D eigenvalue weighted by molar-refractivity contribution is -0.131. The number of nitrogens with zero attached hydrogens (tertiary/aromatic N) is 2. The summed E-state index contributed by atoms with van der Waals surface area (Å²) in [5, 5.41) is 8.62. The molecule has 0 aliphatic rings. The Hall–Kier alpha value is -2.37. The lowest BCUT2D eigenvalue weighted by atomic mass is 10.1. The molecule has 0 aliphatic carbocycles. The molecule has 1 amide bonds. The van der Waals surface area contributed by atoms with Crippen molar-refractivity contribution in [2.75, 3.05) is 18.0 Å². The predicted molar refractivity (Wildman–Crippen MR) is 81.9 cm³/mol. The molecule has 0 atom stereocenters. The van der Waals surface area contributed by atoms with E-state index >= 15 is 0 Å². The predicted octanol–water partition coefficient (Wildman–Crippen LogP) is 1.44. The Bertz CT molecular complexity index is 553. The van der Waals surface area contributed by atoms with Crippen LogP contribution in [-0.4, -0.2) is 35.1 Å². The summed E-state index contributed by atoms with van der Waals surface area (Å²) in [6.07, 6.45) is 4.12. The van der Waals surface area contributed by atoms with Crippen LogP contribution in [0.4, 0.5) is 5.82 Å². The van der Waals surface area contributed by atoms with E-state index in [1.807, 2.05) is 31.7 Å². The smallest absolute Gasteiger partial charge is 0.328 e. The van der Waals surface area contributed by atoms with Crippen LogP contribution >= 0.6 is 0 Å². The van der Waals surface area contributed by atoms with E-state index in [0.29, 0.717) is 23.8 Å². The number of rotatable bonds is 7. The summed E-state index contributed by atoms with van der Waals surface area (Å²) in [5.74, 6) is -0.370. The van der Waals surface area contributed by atoms with Crippen LogP contribution in [0.5, 0.6) is 0 Å². The first-order valence-corrected chi connectivity index (χ1v) is 6.70. The number of pyridine rings is 1. The number of hydrogen-bond acceptors (Lipinski definition) is 4. The molecule has 0 fully saturated rings. The highest BCUT2D eigenvalue weighted by Gasteiger charge is 2.14. The van der Waals surface area contributed by atoms with Crippen LogP contribution in [0.15, 0.2) is 18.3 Å². The molecule has 0 aliphatic heterocycles. The molecule has 3 N–H and O–H groups in total. The number of carbonyl (C=O) groups is 2. The van der Waals surface area contributed by atoms with E-state index < -0.39 is 11.9 Å². The average molecular weight is 291 g/mol. The topological polar surface area (TPSA) is 96.5 Å². The van der Waals surface area contributed by atoms with Crippen molar-refractivity contribution in [2.45, 2.75) is 20.8 Å². The Labute approximate surface area is 124 Å². The summed E-state index contributed by atoms with van der Waals surface area (Å²) in [7, 11) is 0. The SMILES string of the molecule is Cc1cc(/C=C/C(=O)O)cnc1N(CC(N)=O)CC(C)C. The van der Waals surface area contributed by atoms with Gasteiger partial charge < -0.3 is 15.7 Å². The second-order valence-electron chi connectivity index (χ2n) is 5.32. The highest BCUT2D eigenvalue weighted by atomic mass is 16.4. The molecule has 0 unspecified atom stereocenters. The Morgan fingerprint density at radius 2 is 2.14 bits per heavy atom. The standard InChI is InChI=1S/C15H21N3O3/c1-10(2)8-18(9-13(16)19)15-11(3)6-12(7-17-15)4-5-14(20)21/h4-7,10H,8-9H2,1-3H3,(H2,16,19)(H,20,21)/b5-4+. The number of carbonyl (C=O) groups excluding carboxylic acids is 1. The Kier molecular flexibility index (Phi) is 5.90. The zero-order valence-electron chi connectivity index (χ0n) is 12.5. The number of carboxylic acid groups (broad SMARTS) is 1. The van der Waals surface area contributed by atoms with Gasteiger partial charge in [0, 0.05) is 18.8 Å². The number of nitrogens with two attached hydrogens (primary N) is 1. The van der Waals surface area contributed by atoms with E-state index in [1.54, 1.807) is 6.20 Å². The fourth-order valence-corrected chi connectivity index (χ4v) is 2.03. The summed E-state index contributed by atoms with van der Waals surface area (Å²) in [4.78, 5) is 27.9. The van der Waals surface area contributed by atoms with Crippen LogP contribution < -0.4 is 10.6 Å². The summed E-state index contributed by atoms with van der Waals surface area (Å²) >= 11 is 0. The first-order valence-electron chi connectivity index (χ1n) is 6.70. The Morgan fingerprint density at radius 3 is 2.62 bits per heavy atom. The van der Waals surface area contributed by atoms with E-state index in [0.717, 1.165) is 11.6 Å². The van der Waals surface area contributed by atoms with Gasteiger partial charge in [0.25, 0.3) is 0 Å². The minimum atomic E-state index is -1.01. The number of aryl methyl sites for hydroxylation is 1. The van der Waals surface area contributed by atoms with Crippen molar-refractivity contribution in [3.8, 4) is 0 Å². The van der Waals surface area contributed by atoms with Gasteiger partial charge in [-0.25, -0.2) is 9.78 Å². The molecular weight excluding hydrogens is 270 g/mol. The summed E-state index contributed by atoms with van der Waals surface area (Å²) < 4.78 is 0. The van der Waals surface area contributed by atoms with Gasteiger partial charge in [-0.1, -0.05) is 13.8 Å². The van der Waals surface area contributed by atoms with Crippen molar-refractivity contribution in [3.05, 3.63) is 29.5 Å². The molecule has 21 heavy (non-hydrogen) atoms. The molecular formula is C15H21N3O3. The molecule has 0 spiro atoms. The van der Waals surface area contributed by atoms with E-state index in [9.17, 15) is 9.59 Å².